The molecule has 0 aromatic heterocycles. The Morgan fingerprint density at radius 2 is 1.58 bits per heavy atom. The molecule has 0 nitrogen and oxygen atoms in total. The molecule has 0 radical (unpaired) electrons. The molecular weight excluding hydrogens is 432 g/mol. The summed E-state index contributed by atoms with van der Waals surface area (Å²) in [6.45, 7) is 11.2. The van der Waals surface area contributed by atoms with Crippen molar-refractivity contribution in [2.75, 3.05) is 0 Å². The van der Waals surface area contributed by atoms with Gasteiger partial charge in [-0.1, -0.05) is 118 Å². The van der Waals surface area contributed by atoms with Crippen molar-refractivity contribution in [3.63, 3.8) is 0 Å². The number of allylic oxidation sites excluding steroid dienone is 4. The second kappa shape index (κ2) is 11.3. The van der Waals surface area contributed by atoms with Crippen LogP contribution in [0.25, 0.3) is 16.7 Å². The molecule has 0 amide bonds. The fourth-order valence-corrected chi connectivity index (χ4v) is 6.17. The van der Waals surface area contributed by atoms with Crippen LogP contribution in [0.3, 0.4) is 0 Å². The molecule has 0 heteroatoms. The molecule has 3 aromatic rings. The van der Waals surface area contributed by atoms with Crippen molar-refractivity contribution in [1.82, 2.24) is 0 Å². The summed E-state index contributed by atoms with van der Waals surface area (Å²) in [6, 6.07) is 26.6. The van der Waals surface area contributed by atoms with Gasteiger partial charge in [-0.2, -0.15) is 0 Å². The Hall–Kier alpha value is -3.12. The molecule has 2 aliphatic rings. The van der Waals surface area contributed by atoms with E-state index in [1.807, 2.05) is 0 Å². The third-order valence-corrected chi connectivity index (χ3v) is 8.41. The fourth-order valence-electron chi connectivity index (χ4n) is 6.17. The van der Waals surface area contributed by atoms with Gasteiger partial charge in [0.25, 0.3) is 0 Å². The maximum atomic E-state index is 4.59. The molecule has 0 N–H and O–H groups in total. The van der Waals surface area contributed by atoms with Gasteiger partial charge in [-0.25, -0.2) is 0 Å². The van der Waals surface area contributed by atoms with Crippen LogP contribution >= 0.6 is 0 Å². The van der Waals surface area contributed by atoms with E-state index in [4.69, 9.17) is 0 Å². The topological polar surface area (TPSA) is 0 Å². The zero-order chi connectivity index (χ0) is 24.9. The van der Waals surface area contributed by atoms with Crippen LogP contribution in [0.2, 0.25) is 0 Å². The summed E-state index contributed by atoms with van der Waals surface area (Å²) in [6.07, 6.45) is 13.9. The third kappa shape index (κ3) is 5.81. The van der Waals surface area contributed by atoms with Crippen molar-refractivity contribution < 1.29 is 0 Å². The van der Waals surface area contributed by atoms with E-state index in [2.05, 4.69) is 99.0 Å². The maximum absolute atomic E-state index is 4.59. The minimum Gasteiger partial charge on any atom is -0.0949 e. The molecule has 36 heavy (non-hydrogen) atoms. The van der Waals surface area contributed by atoms with Crippen molar-refractivity contribution in [1.29, 1.82) is 0 Å². The zero-order valence-corrected chi connectivity index (χ0v) is 21.9. The van der Waals surface area contributed by atoms with E-state index < -0.39 is 0 Å². The molecule has 1 unspecified atom stereocenters. The molecule has 2 aliphatic carbocycles. The predicted molar refractivity (Wildman–Crippen MR) is 157 cm³/mol. The minimum absolute atomic E-state index is 0.404. The SMILES string of the molecule is C=C(Cc1cccc(C(=C)C2C=C(c3ccc(C)c(CC4CCCC4)c3)CCC2)c1)c1ccccc1. The molecule has 3 aromatic carbocycles. The zero-order valence-electron chi connectivity index (χ0n) is 21.9. The van der Waals surface area contributed by atoms with Crippen molar-refractivity contribution >= 4 is 16.7 Å². The normalized spacial score (nSPS) is 18.1. The average molecular weight is 473 g/mol. The molecule has 1 fully saturated rings. The van der Waals surface area contributed by atoms with Crippen LogP contribution in [0.1, 0.15) is 78.3 Å². The summed E-state index contributed by atoms with van der Waals surface area (Å²) >= 11 is 0. The van der Waals surface area contributed by atoms with Gasteiger partial charge < -0.3 is 0 Å². The second-order valence-corrected chi connectivity index (χ2v) is 11.1. The van der Waals surface area contributed by atoms with Gasteiger partial charge in [0.2, 0.25) is 0 Å². The summed E-state index contributed by atoms with van der Waals surface area (Å²) in [5.41, 5.74) is 12.1. The third-order valence-electron chi connectivity index (χ3n) is 8.41. The Morgan fingerprint density at radius 1 is 0.806 bits per heavy atom. The summed E-state index contributed by atoms with van der Waals surface area (Å²) in [5.74, 6) is 1.29. The molecule has 184 valence electrons. The van der Waals surface area contributed by atoms with Crippen LogP contribution in [0.5, 0.6) is 0 Å². The Kier molecular flexibility index (Phi) is 7.71. The summed E-state index contributed by atoms with van der Waals surface area (Å²) in [7, 11) is 0. The van der Waals surface area contributed by atoms with Gasteiger partial charge in [-0.05, 0) is 95.0 Å². The molecule has 0 saturated heterocycles. The summed E-state index contributed by atoms with van der Waals surface area (Å²) in [4.78, 5) is 0. The monoisotopic (exact) mass is 472 g/mol. The van der Waals surface area contributed by atoms with E-state index in [1.54, 1.807) is 5.56 Å². The lowest BCUT2D eigenvalue weighted by molar-refractivity contribution is 0.545. The standard InChI is InChI=1S/C36H40/c1-26-19-20-35(25-36(26)22-29-11-7-8-12-29)34-18-10-17-33(24-34)28(3)32-16-9-13-30(23-32)21-27(2)31-14-5-4-6-15-31/h4-6,9,13-16,19-20,23-25,29,33H,2-3,7-8,10-12,17-18,21-22H2,1H3. The Labute approximate surface area is 218 Å². The minimum atomic E-state index is 0.404. The van der Waals surface area contributed by atoms with Gasteiger partial charge in [-0.15, -0.1) is 0 Å². The first kappa shape index (κ1) is 24.6. The smallest absolute Gasteiger partial charge is 0.00241 e. The highest BCUT2D eigenvalue weighted by molar-refractivity contribution is 5.75. The average Bonchev–Trinajstić information content (AvgIpc) is 3.43. The first-order valence-corrected chi connectivity index (χ1v) is 13.9. The highest BCUT2D eigenvalue weighted by Crippen LogP contribution is 2.38. The second-order valence-electron chi connectivity index (χ2n) is 11.1. The van der Waals surface area contributed by atoms with Crippen molar-refractivity contribution in [2.45, 2.75) is 64.7 Å². The molecular formula is C36H40. The van der Waals surface area contributed by atoms with Crippen LogP contribution in [-0.4, -0.2) is 0 Å². The molecule has 0 bridgehead atoms. The largest absolute Gasteiger partial charge is 0.0949 e. The van der Waals surface area contributed by atoms with Crippen molar-refractivity contribution in [3.05, 3.63) is 125 Å². The Morgan fingerprint density at radius 3 is 2.39 bits per heavy atom. The van der Waals surface area contributed by atoms with Crippen LogP contribution in [0.15, 0.2) is 92.0 Å². The highest BCUT2D eigenvalue weighted by atomic mass is 14.3. The number of aryl methyl sites for hydroxylation is 1. The first-order valence-electron chi connectivity index (χ1n) is 13.9. The molecule has 1 atom stereocenters. The number of hydrogen-bond acceptors (Lipinski definition) is 0. The van der Waals surface area contributed by atoms with Crippen LogP contribution in [0.4, 0.5) is 0 Å². The van der Waals surface area contributed by atoms with Gasteiger partial charge in [-0.3, -0.25) is 0 Å². The lowest BCUT2D eigenvalue weighted by Gasteiger charge is -2.24. The Bertz CT molecular complexity index is 1250. The molecule has 0 heterocycles. The van der Waals surface area contributed by atoms with E-state index in [-0.39, 0.29) is 0 Å². The fraction of sp³-hybridized carbons (Fsp3) is 0.333. The highest BCUT2D eigenvalue weighted by Gasteiger charge is 2.20. The molecule has 0 aliphatic heterocycles. The molecule has 5 rings (SSSR count). The van der Waals surface area contributed by atoms with E-state index in [1.165, 1.54) is 90.3 Å². The quantitative estimate of drug-likeness (QED) is 0.306. The Balaban J connectivity index is 1.32. The number of benzene rings is 3. The molecule has 0 spiro atoms. The first-order chi connectivity index (χ1) is 17.6. The van der Waals surface area contributed by atoms with Crippen LogP contribution in [-0.2, 0) is 12.8 Å². The van der Waals surface area contributed by atoms with Gasteiger partial charge in [0, 0.05) is 5.92 Å². The van der Waals surface area contributed by atoms with Gasteiger partial charge in [0.05, 0.1) is 0 Å². The van der Waals surface area contributed by atoms with E-state index >= 15 is 0 Å². The van der Waals surface area contributed by atoms with Crippen LogP contribution in [0, 0.1) is 18.8 Å². The summed E-state index contributed by atoms with van der Waals surface area (Å²) < 4.78 is 0. The summed E-state index contributed by atoms with van der Waals surface area (Å²) in [5, 5.41) is 0. The van der Waals surface area contributed by atoms with Gasteiger partial charge in [0.1, 0.15) is 0 Å². The van der Waals surface area contributed by atoms with Crippen LogP contribution < -0.4 is 0 Å². The molecule has 1 saturated carbocycles. The van der Waals surface area contributed by atoms with Crippen molar-refractivity contribution in [2.24, 2.45) is 11.8 Å². The van der Waals surface area contributed by atoms with E-state index in [0.29, 0.717) is 5.92 Å². The lowest BCUT2D eigenvalue weighted by atomic mass is 9.80. The van der Waals surface area contributed by atoms with E-state index in [0.717, 1.165) is 17.9 Å². The van der Waals surface area contributed by atoms with Gasteiger partial charge >= 0.3 is 0 Å². The number of rotatable bonds is 8. The van der Waals surface area contributed by atoms with E-state index in [9.17, 15) is 0 Å². The van der Waals surface area contributed by atoms with Crippen molar-refractivity contribution in [3.8, 4) is 0 Å². The maximum Gasteiger partial charge on any atom is 0.00241 e. The van der Waals surface area contributed by atoms with Gasteiger partial charge in [0.15, 0.2) is 0 Å². The lowest BCUT2D eigenvalue weighted by Crippen LogP contribution is -2.07. The number of hydrogen-bond donors (Lipinski definition) is 0. The predicted octanol–water partition coefficient (Wildman–Crippen LogP) is 9.88.